The van der Waals surface area contributed by atoms with Crippen molar-refractivity contribution in [2.24, 2.45) is 0 Å². The zero-order valence-electron chi connectivity index (χ0n) is 13.7. The molecular formula is C18H14Cl2N2O4. The van der Waals surface area contributed by atoms with E-state index in [1.807, 2.05) is 25.1 Å². The number of carbonyl (C=O) groups is 2. The van der Waals surface area contributed by atoms with Crippen LogP contribution in [-0.4, -0.2) is 23.5 Å². The van der Waals surface area contributed by atoms with E-state index in [1.165, 1.54) is 18.5 Å². The minimum absolute atomic E-state index is 0.00327. The van der Waals surface area contributed by atoms with Crippen LogP contribution in [0.4, 0.5) is 5.82 Å². The SMILES string of the molecule is Cc1ccc2c(CC(=O)OCC(=O)Nc3ncc(Cl)cc3Cl)coc2c1. The summed E-state index contributed by atoms with van der Waals surface area (Å²) in [5.41, 5.74) is 2.47. The number of pyridine rings is 1. The number of rotatable bonds is 5. The number of aromatic nitrogens is 1. The number of nitrogens with zero attached hydrogens (tertiary/aromatic N) is 1. The highest BCUT2D eigenvalue weighted by Gasteiger charge is 2.14. The molecule has 8 heteroatoms. The van der Waals surface area contributed by atoms with E-state index in [1.54, 1.807) is 0 Å². The van der Waals surface area contributed by atoms with Crippen molar-refractivity contribution in [1.82, 2.24) is 4.98 Å². The molecule has 0 spiro atoms. The van der Waals surface area contributed by atoms with Gasteiger partial charge in [0.25, 0.3) is 5.91 Å². The molecule has 3 rings (SSSR count). The van der Waals surface area contributed by atoms with Crippen LogP contribution < -0.4 is 5.32 Å². The summed E-state index contributed by atoms with van der Waals surface area (Å²) in [6, 6.07) is 7.16. The van der Waals surface area contributed by atoms with Gasteiger partial charge in [0.1, 0.15) is 5.58 Å². The molecule has 1 N–H and O–H groups in total. The van der Waals surface area contributed by atoms with Gasteiger partial charge < -0.3 is 14.5 Å². The molecule has 0 unspecified atom stereocenters. The van der Waals surface area contributed by atoms with E-state index in [9.17, 15) is 9.59 Å². The van der Waals surface area contributed by atoms with Gasteiger partial charge in [0, 0.05) is 17.1 Å². The molecule has 0 aliphatic heterocycles. The van der Waals surface area contributed by atoms with Gasteiger partial charge >= 0.3 is 5.97 Å². The summed E-state index contributed by atoms with van der Waals surface area (Å²) in [5.74, 6) is -0.949. The first-order valence-electron chi connectivity index (χ1n) is 7.65. The fourth-order valence-electron chi connectivity index (χ4n) is 2.35. The van der Waals surface area contributed by atoms with E-state index in [0.29, 0.717) is 16.2 Å². The first-order valence-corrected chi connectivity index (χ1v) is 8.41. The molecule has 26 heavy (non-hydrogen) atoms. The number of halogens is 2. The number of fused-ring (bicyclic) bond motifs is 1. The highest BCUT2D eigenvalue weighted by Crippen LogP contribution is 2.23. The second-order valence-electron chi connectivity index (χ2n) is 5.63. The maximum atomic E-state index is 12.0. The van der Waals surface area contributed by atoms with E-state index >= 15 is 0 Å². The Balaban J connectivity index is 1.55. The number of esters is 1. The molecule has 0 atom stereocenters. The number of hydrogen-bond donors (Lipinski definition) is 1. The lowest BCUT2D eigenvalue weighted by Crippen LogP contribution is -2.22. The number of anilines is 1. The highest BCUT2D eigenvalue weighted by molar-refractivity contribution is 6.36. The number of nitrogens with one attached hydrogen (secondary N) is 1. The Morgan fingerprint density at radius 3 is 2.85 bits per heavy atom. The smallest absolute Gasteiger partial charge is 0.310 e. The predicted molar refractivity (Wildman–Crippen MR) is 98.5 cm³/mol. The fraction of sp³-hybridized carbons (Fsp3) is 0.167. The molecular weight excluding hydrogens is 379 g/mol. The van der Waals surface area contributed by atoms with Crippen molar-refractivity contribution in [3.05, 3.63) is 57.9 Å². The van der Waals surface area contributed by atoms with Gasteiger partial charge in [-0.05, 0) is 24.6 Å². The monoisotopic (exact) mass is 392 g/mol. The van der Waals surface area contributed by atoms with Crippen molar-refractivity contribution in [1.29, 1.82) is 0 Å². The van der Waals surface area contributed by atoms with Crippen LogP contribution in [0.25, 0.3) is 11.0 Å². The lowest BCUT2D eigenvalue weighted by molar-refractivity contribution is -0.146. The standard InChI is InChI=1S/C18H14Cl2N2O4/c1-10-2-3-13-11(8-25-15(13)4-10)5-17(24)26-9-16(23)22-18-14(20)6-12(19)7-21-18/h2-4,6-8H,5,9H2,1H3,(H,21,22,23). The highest BCUT2D eigenvalue weighted by atomic mass is 35.5. The molecule has 6 nitrogen and oxygen atoms in total. The van der Waals surface area contributed by atoms with Crippen molar-refractivity contribution in [3.8, 4) is 0 Å². The lowest BCUT2D eigenvalue weighted by Gasteiger charge is -2.07. The number of ether oxygens (including phenoxy) is 1. The summed E-state index contributed by atoms with van der Waals surface area (Å²) < 4.78 is 10.4. The lowest BCUT2D eigenvalue weighted by atomic mass is 10.1. The number of furan rings is 1. The van der Waals surface area contributed by atoms with Gasteiger partial charge in [-0.2, -0.15) is 0 Å². The summed E-state index contributed by atoms with van der Waals surface area (Å²) in [6.07, 6.45) is 2.87. The minimum atomic E-state index is -0.553. The number of benzene rings is 1. The summed E-state index contributed by atoms with van der Waals surface area (Å²) in [4.78, 5) is 27.8. The quantitative estimate of drug-likeness (QED) is 0.658. The molecule has 2 heterocycles. The number of hydrogen-bond acceptors (Lipinski definition) is 5. The molecule has 134 valence electrons. The van der Waals surface area contributed by atoms with Gasteiger partial charge in [0.05, 0.1) is 22.7 Å². The van der Waals surface area contributed by atoms with Crippen molar-refractivity contribution < 1.29 is 18.7 Å². The van der Waals surface area contributed by atoms with Crippen LogP contribution in [0.2, 0.25) is 10.0 Å². The van der Waals surface area contributed by atoms with E-state index in [2.05, 4.69) is 10.3 Å². The molecule has 0 bridgehead atoms. The molecule has 0 aliphatic rings. The van der Waals surface area contributed by atoms with Gasteiger partial charge in [0.2, 0.25) is 0 Å². The summed E-state index contributed by atoms with van der Waals surface area (Å²) >= 11 is 11.7. The Morgan fingerprint density at radius 2 is 2.08 bits per heavy atom. The van der Waals surface area contributed by atoms with E-state index in [4.69, 9.17) is 32.4 Å². The zero-order valence-corrected chi connectivity index (χ0v) is 15.2. The molecule has 0 aliphatic carbocycles. The Labute approximate surface area is 159 Å². The van der Waals surface area contributed by atoms with Gasteiger partial charge in [-0.3, -0.25) is 9.59 Å². The Hall–Kier alpha value is -2.57. The topological polar surface area (TPSA) is 81.4 Å². The van der Waals surface area contributed by atoms with Crippen LogP contribution in [0, 0.1) is 6.92 Å². The molecule has 3 aromatic rings. The Kier molecular flexibility index (Phi) is 5.44. The van der Waals surface area contributed by atoms with Crippen molar-refractivity contribution >= 4 is 51.9 Å². The second kappa shape index (κ2) is 7.76. The van der Waals surface area contributed by atoms with Crippen molar-refractivity contribution in [2.45, 2.75) is 13.3 Å². The number of aryl methyl sites for hydroxylation is 1. The molecule has 1 aromatic carbocycles. The molecule has 0 saturated heterocycles. The summed E-state index contributed by atoms with van der Waals surface area (Å²) in [6.45, 7) is 1.50. The maximum absolute atomic E-state index is 12.0. The largest absolute Gasteiger partial charge is 0.464 e. The molecule has 0 saturated carbocycles. The second-order valence-corrected chi connectivity index (χ2v) is 6.47. The third kappa shape index (κ3) is 4.33. The van der Waals surface area contributed by atoms with E-state index in [0.717, 1.165) is 10.9 Å². The van der Waals surface area contributed by atoms with Crippen LogP contribution in [0.3, 0.4) is 0 Å². The molecule has 0 radical (unpaired) electrons. The third-order valence-corrected chi connectivity index (χ3v) is 4.07. The van der Waals surface area contributed by atoms with Gasteiger partial charge in [0.15, 0.2) is 12.4 Å². The van der Waals surface area contributed by atoms with Gasteiger partial charge in [-0.1, -0.05) is 35.3 Å². The van der Waals surface area contributed by atoms with Crippen LogP contribution in [0.5, 0.6) is 0 Å². The van der Waals surface area contributed by atoms with Gasteiger partial charge in [-0.15, -0.1) is 0 Å². The zero-order chi connectivity index (χ0) is 18.7. The minimum Gasteiger partial charge on any atom is -0.464 e. The normalized spacial score (nSPS) is 10.7. The Morgan fingerprint density at radius 1 is 1.27 bits per heavy atom. The Bertz CT molecular complexity index is 984. The first kappa shape index (κ1) is 18.2. The number of amides is 1. The van der Waals surface area contributed by atoms with Crippen LogP contribution in [0.1, 0.15) is 11.1 Å². The number of carbonyl (C=O) groups excluding carboxylic acids is 2. The first-order chi connectivity index (χ1) is 12.4. The third-order valence-electron chi connectivity index (χ3n) is 3.58. The molecule has 1 amide bonds. The van der Waals surface area contributed by atoms with Crippen LogP contribution in [0.15, 0.2) is 41.1 Å². The maximum Gasteiger partial charge on any atom is 0.310 e. The van der Waals surface area contributed by atoms with Crippen LogP contribution in [-0.2, 0) is 20.7 Å². The molecule has 2 aromatic heterocycles. The van der Waals surface area contributed by atoms with Crippen LogP contribution >= 0.6 is 23.2 Å². The van der Waals surface area contributed by atoms with Crippen molar-refractivity contribution in [2.75, 3.05) is 11.9 Å². The average molecular weight is 393 g/mol. The predicted octanol–water partition coefficient (Wildman–Crippen LogP) is 4.17. The van der Waals surface area contributed by atoms with Gasteiger partial charge in [-0.25, -0.2) is 4.98 Å². The average Bonchev–Trinajstić information content (AvgIpc) is 2.97. The van der Waals surface area contributed by atoms with E-state index < -0.39 is 18.5 Å². The fourth-order valence-corrected chi connectivity index (χ4v) is 2.78. The van der Waals surface area contributed by atoms with Crippen molar-refractivity contribution in [3.63, 3.8) is 0 Å². The van der Waals surface area contributed by atoms with E-state index in [-0.39, 0.29) is 17.3 Å². The molecule has 0 fully saturated rings. The summed E-state index contributed by atoms with van der Waals surface area (Å²) in [5, 5.41) is 3.83. The summed E-state index contributed by atoms with van der Waals surface area (Å²) in [7, 11) is 0.